The zero-order valence-electron chi connectivity index (χ0n) is 18.4. The van der Waals surface area contributed by atoms with Crippen molar-refractivity contribution < 1.29 is 8.42 Å². The van der Waals surface area contributed by atoms with E-state index in [9.17, 15) is 8.42 Å². The van der Waals surface area contributed by atoms with Crippen molar-refractivity contribution in [3.05, 3.63) is 67.1 Å². The number of hydrogen-bond donors (Lipinski definition) is 3. The minimum absolute atomic E-state index is 0.235. The van der Waals surface area contributed by atoms with Crippen molar-refractivity contribution in [3.63, 3.8) is 0 Å². The van der Waals surface area contributed by atoms with E-state index in [1.54, 1.807) is 30.5 Å². The first-order valence-corrected chi connectivity index (χ1v) is 12.0. The van der Waals surface area contributed by atoms with Crippen molar-refractivity contribution in [2.45, 2.75) is 18.7 Å². The number of sulfonamides is 1. The van der Waals surface area contributed by atoms with Gasteiger partial charge in [-0.3, -0.25) is 4.98 Å². The number of anilines is 5. The Labute approximate surface area is 192 Å². The minimum atomic E-state index is -3.52. The van der Waals surface area contributed by atoms with Gasteiger partial charge in [-0.05, 0) is 48.5 Å². The summed E-state index contributed by atoms with van der Waals surface area (Å²) in [7, 11) is -3.52. The summed E-state index contributed by atoms with van der Waals surface area (Å²) in [4.78, 5) is 13.1. The summed E-state index contributed by atoms with van der Waals surface area (Å²) < 4.78 is 26.8. The van der Waals surface area contributed by atoms with E-state index in [-0.39, 0.29) is 4.90 Å². The fourth-order valence-electron chi connectivity index (χ4n) is 3.49. The molecule has 170 valence electrons. The van der Waals surface area contributed by atoms with Crippen LogP contribution in [-0.4, -0.2) is 40.8 Å². The van der Waals surface area contributed by atoms with E-state index in [0.29, 0.717) is 36.1 Å². The normalized spacial score (nSPS) is 11.6. The Balaban J connectivity index is 1.57. The Bertz CT molecular complexity index is 1370. The first kappa shape index (κ1) is 22.4. The number of nitrogens with one attached hydrogen (secondary N) is 2. The van der Waals surface area contributed by atoms with Crippen LogP contribution in [0.2, 0.25) is 0 Å². The van der Waals surface area contributed by atoms with E-state index in [2.05, 4.69) is 25.6 Å². The minimum Gasteiger partial charge on any atom is -0.393 e. The first-order valence-electron chi connectivity index (χ1n) is 10.5. The van der Waals surface area contributed by atoms with Gasteiger partial charge in [0.05, 0.1) is 10.4 Å². The summed E-state index contributed by atoms with van der Waals surface area (Å²) >= 11 is 0. The van der Waals surface area contributed by atoms with Gasteiger partial charge in [-0.25, -0.2) is 18.4 Å². The van der Waals surface area contributed by atoms with Crippen LogP contribution in [0.25, 0.3) is 10.9 Å². The third kappa shape index (κ3) is 4.57. The smallest absolute Gasteiger partial charge is 0.243 e. The quantitative estimate of drug-likeness (QED) is 0.356. The molecule has 0 aliphatic heterocycles. The second-order valence-electron chi connectivity index (χ2n) is 7.22. The maximum atomic E-state index is 12.7. The predicted molar refractivity (Wildman–Crippen MR) is 131 cm³/mol. The number of nitrogens with zero attached hydrogens (tertiary/aromatic N) is 4. The number of benzene rings is 2. The SMILES string of the molecule is CCN(CC)S(=O)(=O)c1ccc(Nc2ncnc(Nc3cccc4ncccc34)c2N)cc1. The standard InChI is InChI=1S/C23H25N7O2S/c1-3-30(4-2)33(31,32)17-12-10-16(11-13-17)28-22-21(24)23(27-15-26-22)29-20-9-5-8-19-18(20)7-6-14-25-19/h5-15H,3-4,24H2,1-2H3,(H2,26,27,28,29). The molecule has 0 spiro atoms. The molecule has 4 aromatic rings. The van der Waals surface area contributed by atoms with Crippen LogP contribution >= 0.6 is 0 Å². The Morgan fingerprint density at radius 1 is 0.879 bits per heavy atom. The molecule has 0 saturated carbocycles. The van der Waals surface area contributed by atoms with E-state index < -0.39 is 10.0 Å². The molecule has 4 rings (SSSR count). The van der Waals surface area contributed by atoms with Crippen LogP contribution in [0.15, 0.2) is 72.0 Å². The van der Waals surface area contributed by atoms with Crippen molar-refractivity contribution in [2.75, 3.05) is 29.5 Å². The summed E-state index contributed by atoms with van der Waals surface area (Å²) in [5.41, 5.74) is 8.99. The lowest BCUT2D eigenvalue weighted by atomic mass is 10.2. The number of fused-ring (bicyclic) bond motifs is 1. The average molecular weight is 464 g/mol. The van der Waals surface area contributed by atoms with Crippen molar-refractivity contribution in [3.8, 4) is 0 Å². The number of rotatable bonds is 8. The molecule has 4 N–H and O–H groups in total. The molecule has 2 aromatic heterocycles. The maximum Gasteiger partial charge on any atom is 0.243 e. The van der Waals surface area contributed by atoms with Crippen LogP contribution in [0.4, 0.5) is 28.7 Å². The summed E-state index contributed by atoms with van der Waals surface area (Å²) in [5.74, 6) is 0.856. The van der Waals surface area contributed by atoms with Crippen molar-refractivity contribution in [1.82, 2.24) is 19.3 Å². The van der Waals surface area contributed by atoms with Gasteiger partial charge in [-0.15, -0.1) is 0 Å². The number of pyridine rings is 1. The summed E-state index contributed by atoms with van der Waals surface area (Å²) in [6.45, 7) is 4.46. The highest BCUT2D eigenvalue weighted by atomic mass is 32.2. The van der Waals surface area contributed by atoms with Gasteiger partial charge in [-0.1, -0.05) is 19.9 Å². The van der Waals surface area contributed by atoms with Crippen LogP contribution in [0.3, 0.4) is 0 Å². The van der Waals surface area contributed by atoms with Gasteiger partial charge in [0.25, 0.3) is 0 Å². The van der Waals surface area contributed by atoms with Crippen LogP contribution in [0, 0.1) is 0 Å². The fourth-order valence-corrected chi connectivity index (χ4v) is 4.95. The van der Waals surface area contributed by atoms with Crippen molar-refractivity contribution in [1.29, 1.82) is 0 Å². The summed E-state index contributed by atoms with van der Waals surface area (Å²) in [6, 6.07) is 16.1. The molecule has 0 fully saturated rings. The third-order valence-corrected chi connectivity index (χ3v) is 7.31. The van der Waals surface area contributed by atoms with Gasteiger partial charge in [0.15, 0.2) is 11.6 Å². The molecule has 9 nitrogen and oxygen atoms in total. The second-order valence-corrected chi connectivity index (χ2v) is 9.16. The molecule has 0 saturated heterocycles. The number of nitrogens with two attached hydrogens (primary N) is 1. The Morgan fingerprint density at radius 2 is 1.58 bits per heavy atom. The molecule has 0 aliphatic rings. The van der Waals surface area contributed by atoms with Crippen LogP contribution in [0.5, 0.6) is 0 Å². The van der Waals surface area contributed by atoms with Crippen molar-refractivity contribution >= 4 is 49.6 Å². The highest BCUT2D eigenvalue weighted by Gasteiger charge is 2.21. The Hall–Kier alpha value is -3.76. The van der Waals surface area contributed by atoms with Crippen molar-refractivity contribution in [2.24, 2.45) is 0 Å². The maximum absolute atomic E-state index is 12.7. The Kier molecular flexibility index (Phi) is 6.38. The van der Waals surface area contributed by atoms with Gasteiger partial charge in [-0.2, -0.15) is 4.31 Å². The lowest BCUT2D eigenvalue weighted by molar-refractivity contribution is 0.445. The zero-order valence-corrected chi connectivity index (χ0v) is 19.2. The fraction of sp³-hybridized carbons (Fsp3) is 0.174. The highest BCUT2D eigenvalue weighted by Crippen LogP contribution is 2.31. The molecule has 0 radical (unpaired) electrons. The van der Waals surface area contributed by atoms with E-state index in [4.69, 9.17) is 5.73 Å². The lowest BCUT2D eigenvalue weighted by Crippen LogP contribution is -2.30. The highest BCUT2D eigenvalue weighted by molar-refractivity contribution is 7.89. The lowest BCUT2D eigenvalue weighted by Gasteiger charge is -2.18. The molecule has 2 heterocycles. The van der Waals surface area contributed by atoms with Gasteiger partial charge in [0.1, 0.15) is 12.0 Å². The van der Waals surface area contributed by atoms with Crippen LogP contribution in [0.1, 0.15) is 13.8 Å². The summed E-state index contributed by atoms with van der Waals surface area (Å²) in [6.07, 6.45) is 3.15. The van der Waals surface area contributed by atoms with E-state index in [1.807, 2.05) is 44.2 Å². The Morgan fingerprint density at radius 3 is 2.27 bits per heavy atom. The predicted octanol–water partition coefficient (Wildman–Crippen LogP) is 4.12. The van der Waals surface area contributed by atoms with Crippen LogP contribution in [-0.2, 0) is 10.0 Å². The number of nitrogen functional groups attached to an aromatic ring is 1. The second kappa shape index (κ2) is 9.39. The van der Waals surface area contributed by atoms with Gasteiger partial charge in [0.2, 0.25) is 10.0 Å². The molecule has 0 unspecified atom stereocenters. The van der Waals surface area contributed by atoms with Gasteiger partial charge < -0.3 is 16.4 Å². The zero-order chi connectivity index (χ0) is 23.4. The monoisotopic (exact) mass is 463 g/mol. The van der Waals surface area contributed by atoms with Crippen LogP contribution < -0.4 is 16.4 Å². The molecular formula is C23H25N7O2S. The molecule has 2 aromatic carbocycles. The average Bonchev–Trinajstić information content (AvgIpc) is 2.83. The largest absolute Gasteiger partial charge is 0.393 e. The molecule has 0 atom stereocenters. The molecule has 0 bridgehead atoms. The molecule has 10 heteroatoms. The van der Waals surface area contributed by atoms with Gasteiger partial charge >= 0.3 is 0 Å². The van der Waals surface area contributed by atoms with E-state index in [0.717, 1.165) is 16.6 Å². The summed E-state index contributed by atoms with van der Waals surface area (Å²) in [5, 5.41) is 7.33. The number of hydrogen-bond acceptors (Lipinski definition) is 8. The molecule has 0 aliphatic carbocycles. The van der Waals surface area contributed by atoms with E-state index in [1.165, 1.54) is 10.6 Å². The third-order valence-electron chi connectivity index (χ3n) is 5.24. The first-order chi connectivity index (χ1) is 15.9. The molecular weight excluding hydrogens is 438 g/mol. The van der Waals surface area contributed by atoms with E-state index >= 15 is 0 Å². The van der Waals surface area contributed by atoms with Gasteiger partial charge in [0, 0.05) is 36.0 Å². The topological polar surface area (TPSA) is 126 Å². The molecule has 33 heavy (non-hydrogen) atoms. The number of aromatic nitrogens is 3. The molecule has 0 amide bonds.